The highest BCUT2D eigenvalue weighted by molar-refractivity contribution is 8.02. The van der Waals surface area contributed by atoms with Gasteiger partial charge in [-0.1, -0.05) is 237 Å². The summed E-state index contributed by atoms with van der Waals surface area (Å²) in [5.41, 5.74) is 9.96. The van der Waals surface area contributed by atoms with Crippen LogP contribution in [-0.2, 0) is 54.4 Å². The van der Waals surface area contributed by atoms with Gasteiger partial charge >= 0.3 is 29.8 Å². The largest absolute Gasteiger partial charge is 0.481 e. The molecule has 15 aromatic rings. The standard InChI is InChI=1S/C23H25N3O3S.C23H27N3O3S.C22H25N3O3S.C21H23N3O3S.C20H21N3O3S/c1-14-24-25-22(30-23(2,3)20(27)12-13-21(28)29)26(14)19-11-10-16(15-8-9-15)17-6-4-5-7-18(17)19;1-14(2)16-10-11-19(18-9-7-6-8-17(16)18)26-15(3)24-25-22(26)30-23(4,5)20(27)12-13-21(28)29;1-5-15-10-11-18(17-9-7-6-8-16(15)17)25-14(2)23-24-21(25)29-22(3,4)19(26)12-13-20(27)28;1-13-9-10-17(16-8-6-5-7-15(13)16)24-14(2)22-23-20(24)28-21(3,4)18(25)11-12-19(26)27;1-13-21-22-19(27-20(2,3)17(24)11-12-18(25)26)23(13)16-10-6-8-14-7-4-5-9-15(14)16/h4-7,10-11,15H,8-9,12-13H2,1-3H3,(H,28,29);6-11,14H,12-13H2,1-5H3,(H,28,29);6-11H,5,12-13H2,1-4H3,(H,27,28);5-10H,11-12H2,1-4H3,(H,26,27);4-10H,11-12H2,1-3H3,(H,25,26). The van der Waals surface area contributed by atoms with E-state index in [0.717, 1.165) is 102 Å². The third-order valence-corrected chi connectivity index (χ3v) is 30.8. The minimum absolute atomic E-state index is 0.00146. The van der Waals surface area contributed by atoms with Gasteiger partial charge in [0.25, 0.3) is 0 Å². The summed E-state index contributed by atoms with van der Waals surface area (Å²) in [4.78, 5) is 117. The Kier molecular flexibility index (Phi) is 35.7. The first kappa shape index (κ1) is 109. The van der Waals surface area contributed by atoms with Crippen molar-refractivity contribution in [2.24, 2.45) is 0 Å². The smallest absolute Gasteiger partial charge is 0.303 e. The lowest BCUT2D eigenvalue weighted by molar-refractivity contribution is -0.139. The van der Waals surface area contributed by atoms with Gasteiger partial charge in [-0.3, -0.25) is 70.8 Å². The number of benzene rings is 10. The Morgan fingerprint density at radius 3 is 0.875 bits per heavy atom. The van der Waals surface area contributed by atoms with E-state index in [2.05, 4.69) is 176 Å². The lowest BCUT2D eigenvalue weighted by Crippen LogP contribution is -2.28. The Balaban J connectivity index is 0.000000161. The van der Waals surface area contributed by atoms with E-state index in [4.69, 9.17) is 25.5 Å². The minimum Gasteiger partial charge on any atom is -0.481 e. The van der Waals surface area contributed by atoms with Gasteiger partial charge in [-0.2, -0.15) is 0 Å². The van der Waals surface area contributed by atoms with E-state index >= 15 is 0 Å². The van der Waals surface area contributed by atoms with Crippen molar-refractivity contribution < 1.29 is 73.5 Å². The van der Waals surface area contributed by atoms with Crippen LogP contribution >= 0.6 is 58.8 Å². The molecule has 0 saturated heterocycles. The summed E-state index contributed by atoms with van der Waals surface area (Å²) in [6.07, 6.45) is 2.56. The number of rotatable bonds is 38. The number of carbonyl (C=O) groups is 10. The zero-order valence-electron chi connectivity index (χ0n) is 84.3. The number of Topliss-reactive ketones (excluding diaryl/α,β-unsaturated/α-hetero) is 5. The number of fused-ring (bicyclic) bond motifs is 5. The number of carbonyl (C=O) groups excluding carboxylic acids is 5. The van der Waals surface area contributed by atoms with Crippen LogP contribution in [-0.4, -0.2) is 182 Å². The lowest BCUT2D eigenvalue weighted by atomic mass is 9.95. The third kappa shape index (κ3) is 26.4. The van der Waals surface area contributed by atoms with Gasteiger partial charge in [0.15, 0.2) is 25.8 Å². The van der Waals surface area contributed by atoms with Crippen molar-refractivity contribution in [3.63, 3.8) is 0 Å². The Hall–Kier alpha value is -13.4. The molecule has 0 atom stereocenters. The minimum atomic E-state index is -0.973. The molecule has 1 fully saturated rings. The van der Waals surface area contributed by atoms with E-state index in [0.29, 0.717) is 37.6 Å². The van der Waals surface area contributed by atoms with Gasteiger partial charge in [0.1, 0.15) is 58.0 Å². The molecule has 0 radical (unpaired) electrons. The molecule has 30 nitrogen and oxygen atoms in total. The lowest BCUT2D eigenvalue weighted by Gasteiger charge is -2.22. The summed E-state index contributed by atoms with van der Waals surface area (Å²) in [6.45, 7) is 36.0. The summed E-state index contributed by atoms with van der Waals surface area (Å²) >= 11 is 6.56. The Morgan fingerprint density at radius 1 is 0.292 bits per heavy atom. The molecule has 5 heterocycles. The van der Waals surface area contributed by atoms with Crippen LogP contribution in [0.5, 0.6) is 0 Å². The molecule has 0 aliphatic heterocycles. The van der Waals surface area contributed by atoms with Gasteiger partial charge in [0, 0.05) is 59.0 Å². The van der Waals surface area contributed by atoms with E-state index in [1.54, 1.807) is 55.4 Å². The highest BCUT2D eigenvalue weighted by Gasteiger charge is 2.39. The summed E-state index contributed by atoms with van der Waals surface area (Å²) in [6, 6.07) is 64.0. The summed E-state index contributed by atoms with van der Waals surface area (Å²) in [7, 11) is 0. The van der Waals surface area contributed by atoms with Gasteiger partial charge in [-0.05, 0) is 221 Å². The molecule has 5 N–H and O–H groups in total. The fourth-order valence-corrected chi connectivity index (χ4v) is 22.0. The van der Waals surface area contributed by atoms with E-state index in [-0.39, 0.29) is 93.1 Å². The number of hydrogen-bond donors (Lipinski definition) is 5. The maximum absolute atomic E-state index is 12.6. The number of aryl methyl sites for hydroxylation is 7. The molecule has 5 aromatic heterocycles. The molecule has 0 bridgehead atoms. The van der Waals surface area contributed by atoms with Crippen LogP contribution in [0.3, 0.4) is 0 Å². The highest BCUT2D eigenvalue weighted by Crippen LogP contribution is 2.47. The number of carboxylic acid groups (broad SMARTS) is 5. The number of ketones is 5. The Bertz CT molecular complexity index is 7190. The van der Waals surface area contributed by atoms with Crippen LogP contribution in [0, 0.1) is 41.5 Å². The molecule has 144 heavy (non-hydrogen) atoms. The molecule has 16 rings (SSSR count). The van der Waals surface area contributed by atoms with Gasteiger partial charge in [0.2, 0.25) is 0 Å². The number of carboxylic acids is 5. The fraction of sp³-hybridized carbons (Fsp3) is 0.358. The molecule has 0 unspecified atom stereocenters. The van der Waals surface area contributed by atoms with Crippen molar-refractivity contribution in [3.05, 3.63) is 239 Å². The molecule has 752 valence electrons. The second-order valence-electron chi connectivity index (χ2n) is 37.9. The number of hydrogen-bond acceptors (Lipinski definition) is 25. The summed E-state index contributed by atoms with van der Waals surface area (Å²) < 4.78 is 5.78. The quantitative estimate of drug-likeness (QED) is 0.0224. The van der Waals surface area contributed by atoms with Crippen LogP contribution < -0.4 is 0 Å². The molecule has 35 heteroatoms. The van der Waals surface area contributed by atoms with Crippen LogP contribution in [0.15, 0.2) is 214 Å². The Morgan fingerprint density at radius 2 is 0.549 bits per heavy atom. The van der Waals surface area contributed by atoms with Crippen LogP contribution in [0.2, 0.25) is 0 Å². The zero-order valence-corrected chi connectivity index (χ0v) is 88.4. The molecule has 1 aliphatic rings. The molecule has 1 aliphatic carbocycles. The van der Waals surface area contributed by atoms with Gasteiger partial charge in [-0.15, -0.1) is 51.0 Å². The van der Waals surface area contributed by atoms with E-state index in [1.807, 2.05) is 162 Å². The molecular weight excluding hydrogens is 1920 g/mol. The number of aliphatic carboxylic acids is 5. The molecule has 0 amide bonds. The maximum Gasteiger partial charge on any atom is 0.303 e. The normalized spacial score (nSPS) is 12.3. The second kappa shape index (κ2) is 47.0. The van der Waals surface area contributed by atoms with E-state index in [9.17, 15) is 47.9 Å². The first-order valence-electron chi connectivity index (χ1n) is 47.5. The third-order valence-electron chi connectivity index (χ3n) is 24.9. The van der Waals surface area contributed by atoms with E-state index in [1.165, 1.54) is 110 Å². The monoisotopic (exact) mass is 2040 g/mol. The Labute approximate surface area is 857 Å². The van der Waals surface area contributed by atoms with Gasteiger partial charge in [-0.25, -0.2) is 0 Å². The molecular formula is C109H121N15O15S5. The SMILES string of the molecule is CCc1ccc(-n2c(C)nnc2SC(C)(C)C(=O)CCC(=O)O)c2ccccc12.Cc1ccc(-n2c(C)nnc2SC(C)(C)C(=O)CCC(=O)O)c2ccccc12.Cc1nnc(SC(C)(C)C(=O)CCC(=O)O)n1-c1ccc(C(C)C)c2ccccc12.Cc1nnc(SC(C)(C)C(=O)CCC(=O)O)n1-c1ccc(C2CC2)c2ccccc12.Cc1nnc(SC(C)(C)C(=O)CCC(=O)O)n1-c1cccc2ccccc12. The maximum atomic E-state index is 12.6. The first-order chi connectivity index (χ1) is 68.1. The van der Waals surface area contributed by atoms with Crippen molar-refractivity contribution in [2.75, 3.05) is 0 Å². The van der Waals surface area contributed by atoms with Crippen LogP contribution in [0.1, 0.15) is 230 Å². The predicted octanol–water partition coefficient (Wildman–Crippen LogP) is 23.0. The number of nitrogens with zero attached hydrogens (tertiary/aromatic N) is 15. The average molecular weight is 2040 g/mol. The summed E-state index contributed by atoms with van der Waals surface area (Å²) in [5.74, 6) is -0.768. The summed E-state index contributed by atoms with van der Waals surface area (Å²) in [5, 5.41) is 102. The topological polar surface area (TPSA) is 425 Å². The fourth-order valence-electron chi connectivity index (χ4n) is 16.6. The predicted molar refractivity (Wildman–Crippen MR) is 567 cm³/mol. The second-order valence-corrected chi connectivity index (χ2v) is 45.9. The van der Waals surface area contributed by atoms with Crippen LogP contribution in [0.25, 0.3) is 82.3 Å². The first-order valence-corrected chi connectivity index (χ1v) is 51.5. The van der Waals surface area contributed by atoms with Crippen molar-refractivity contribution >= 4 is 171 Å². The molecule has 1 saturated carbocycles. The van der Waals surface area contributed by atoms with Crippen molar-refractivity contribution in [2.45, 2.75) is 276 Å². The zero-order chi connectivity index (χ0) is 105. The molecule has 10 aromatic carbocycles. The van der Waals surface area contributed by atoms with Crippen molar-refractivity contribution in [1.29, 1.82) is 0 Å². The highest BCUT2D eigenvalue weighted by atomic mass is 32.2. The number of thioether (sulfide) groups is 5. The average Bonchev–Trinajstić information content (AvgIpc) is 1.55. The number of aromatic nitrogens is 15. The van der Waals surface area contributed by atoms with Crippen molar-refractivity contribution in [1.82, 2.24) is 73.8 Å². The van der Waals surface area contributed by atoms with Gasteiger partial charge in [0.05, 0.1) is 84.3 Å². The molecule has 0 spiro atoms. The van der Waals surface area contributed by atoms with Crippen LogP contribution in [0.4, 0.5) is 0 Å². The van der Waals surface area contributed by atoms with Gasteiger partial charge < -0.3 is 25.5 Å². The van der Waals surface area contributed by atoms with E-state index < -0.39 is 53.6 Å². The van der Waals surface area contributed by atoms with Crippen molar-refractivity contribution in [3.8, 4) is 28.4 Å².